The Morgan fingerprint density at radius 3 is 2.88 bits per heavy atom. The number of likely N-dealkylation sites (tertiary alicyclic amines) is 1. The van der Waals surface area contributed by atoms with Gasteiger partial charge in [-0.2, -0.15) is 0 Å². The minimum absolute atomic E-state index is 0.258. The molecule has 0 bridgehead atoms. The normalized spacial score (nSPS) is 27.9. The Hall–Kier alpha value is -0.650. The summed E-state index contributed by atoms with van der Waals surface area (Å²) in [7, 11) is 1.75. The van der Waals surface area contributed by atoms with Crippen molar-refractivity contribution in [2.75, 3.05) is 33.3 Å². The summed E-state index contributed by atoms with van der Waals surface area (Å²) in [5, 5.41) is 3.12. The van der Waals surface area contributed by atoms with Crippen molar-refractivity contribution in [3.05, 3.63) is 0 Å². The highest BCUT2D eigenvalue weighted by molar-refractivity contribution is 5.80. The number of amides is 1. The number of hydrogen-bond acceptors (Lipinski definition) is 4. The average molecular weight is 243 g/mol. The Balaban J connectivity index is 2.47. The number of likely N-dealkylation sites (N-methyl/N-ethyl adjacent to an activating group) is 1. The summed E-state index contributed by atoms with van der Waals surface area (Å²) in [6, 6.07) is -0.258. The molecule has 5 nitrogen and oxygen atoms in total. The van der Waals surface area contributed by atoms with E-state index in [1.807, 2.05) is 6.92 Å². The first-order valence-corrected chi connectivity index (χ1v) is 6.36. The molecule has 1 amide bonds. The van der Waals surface area contributed by atoms with E-state index < -0.39 is 0 Å². The van der Waals surface area contributed by atoms with Crippen molar-refractivity contribution in [1.29, 1.82) is 0 Å². The number of hydrogen-bond donors (Lipinski definition) is 2. The van der Waals surface area contributed by atoms with Crippen LogP contribution in [0.3, 0.4) is 0 Å². The van der Waals surface area contributed by atoms with E-state index in [-0.39, 0.29) is 18.1 Å². The van der Waals surface area contributed by atoms with Gasteiger partial charge in [-0.3, -0.25) is 9.69 Å². The van der Waals surface area contributed by atoms with Gasteiger partial charge in [0.1, 0.15) is 0 Å². The molecule has 1 aliphatic heterocycles. The fourth-order valence-corrected chi connectivity index (χ4v) is 2.33. The standard InChI is InChI=1S/C12H25N3O2/c1-4-14-10(12(13)16)7-15-6-5-9(2)11(8-15)17-3/h9-11,14H,4-8H2,1-3H3,(H2,13,16). The third-order valence-corrected chi connectivity index (χ3v) is 3.51. The van der Waals surface area contributed by atoms with Crippen molar-refractivity contribution in [1.82, 2.24) is 10.2 Å². The number of nitrogens with one attached hydrogen (secondary N) is 1. The van der Waals surface area contributed by atoms with Crippen LogP contribution in [-0.2, 0) is 9.53 Å². The average Bonchev–Trinajstić information content (AvgIpc) is 2.30. The monoisotopic (exact) mass is 243 g/mol. The number of nitrogens with zero attached hydrogens (tertiary/aromatic N) is 1. The second-order valence-corrected chi connectivity index (χ2v) is 4.81. The van der Waals surface area contributed by atoms with Gasteiger partial charge in [-0.05, 0) is 25.4 Å². The van der Waals surface area contributed by atoms with Crippen LogP contribution in [0.4, 0.5) is 0 Å². The fourth-order valence-electron chi connectivity index (χ4n) is 2.33. The van der Waals surface area contributed by atoms with Crippen LogP contribution in [-0.4, -0.2) is 56.2 Å². The molecule has 0 aliphatic carbocycles. The van der Waals surface area contributed by atoms with Gasteiger partial charge in [0, 0.05) is 20.2 Å². The zero-order chi connectivity index (χ0) is 12.8. The highest BCUT2D eigenvalue weighted by atomic mass is 16.5. The van der Waals surface area contributed by atoms with Crippen molar-refractivity contribution < 1.29 is 9.53 Å². The second kappa shape index (κ2) is 6.93. The first-order valence-electron chi connectivity index (χ1n) is 6.36. The molecule has 0 radical (unpaired) electrons. The zero-order valence-corrected chi connectivity index (χ0v) is 11.1. The molecule has 1 fully saturated rings. The molecule has 0 aromatic heterocycles. The van der Waals surface area contributed by atoms with Gasteiger partial charge in [0.2, 0.25) is 5.91 Å². The van der Waals surface area contributed by atoms with E-state index in [9.17, 15) is 4.79 Å². The second-order valence-electron chi connectivity index (χ2n) is 4.81. The molecule has 1 heterocycles. The number of nitrogens with two attached hydrogens (primary N) is 1. The van der Waals surface area contributed by atoms with Crippen LogP contribution in [0.15, 0.2) is 0 Å². The molecule has 0 saturated carbocycles. The molecule has 1 aliphatic rings. The number of rotatable bonds is 6. The van der Waals surface area contributed by atoms with Crippen LogP contribution in [0, 0.1) is 5.92 Å². The minimum Gasteiger partial charge on any atom is -0.380 e. The molecule has 0 aromatic rings. The van der Waals surface area contributed by atoms with Gasteiger partial charge in [-0.15, -0.1) is 0 Å². The Kier molecular flexibility index (Phi) is 5.88. The van der Waals surface area contributed by atoms with Gasteiger partial charge in [0.05, 0.1) is 12.1 Å². The summed E-state index contributed by atoms with van der Waals surface area (Å²) in [5.74, 6) is 0.307. The van der Waals surface area contributed by atoms with E-state index in [1.54, 1.807) is 7.11 Å². The summed E-state index contributed by atoms with van der Waals surface area (Å²) >= 11 is 0. The van der Waals surface area contributed by atoms with E-state index >= 15 is 0 Å². The number of primary amides is 1. The number of carbonyl (C=O) groups is 1. The molecule has 17 heavy (non-hydrogen) atoms. The van der Waals surface area contributed by atoms with E-state index in [1.165, 1.54) is 0 Å². The van der Waals surface area contributed by atoms with Gasteiger partial charge in [-0.1, -0.05) is 13.8 Å². The number of carbonyl (C=O) groups excluding carboxylic acids is 1. The topological polar surface area (TPSA) is 67.6 Å². The van der Waals surface area contributed by atoms with Crippen LogP contribution < -0.4 is 11.1 Å². The van der Waals surface area contributed by atoms with E-state index in [0.29, 0.717) is 12.5 Å². The molecule has 1 saturated heterocycles. The quantitative estimate of drug-likeness (QED) is 0.678. The maximum atomic E-state index is 11.3. The van der Waals surface area contributed by atoms with Gasteiger partial charge in [0.25, 0.3) is 0 Å². The summed E-state index contributed by atoms with van der Waals surface area (Å²) in [4.78, 5) is 13.5. The van der Waals surface area contributed by atoms with Crippen molar-refractivity contribution >= 4 is 5.91 Å². The molecule has 3 atom stereocenters. The predicted molar refractivity (Wildman–Crippen MR) is 67.7 cm³/mol. The Bertz CT molecular complexity index is 248. The fraction of sp³-hybridized carbons (Fsp3) is 0.917. The van der Waals surface area contributed by atoms with E-state index in [2.05, 4.69) is 17.1 Å². The molecule has 0 spiro atoms. The molecule has 3 N–H and O–H groups in total. The third-order valence-electron chi connectivity index (χ3n) is 3.51. The van der Waals surface area contributed by atoms with E-state index in [4.69, 9.17) is 10.5 Å². The van der Waals surface area contributed by atoms with Crippen molar-refractivity contribution in [3.8, 4) is 0 Å². The van der Waals surface area contributed by atoms with E-state index in [0.717, 1.165) is 26.1 Å². The minimum atomic E-state index is -0.278. The van der Waals surface area contributed by atoms with Gasteiger partial charge in [-0.25, -0.2) is 0 Å². The van der Waals surface area contributed by atoms with Gasteiger partial charge < -0.3 is 15.8 Å². The largest absolute Gasteiger partial charge is 0.380 e. The van der Waals surface area contributed by atoms with Crippen LogP contribution in [0.2, 0.25) is 0 Å². The molecule has 100 valence electrons. The summed E-state index contributed by atoms with van der Waals surface area (Å²) < 4.78 is 5.46. The molecule has 3 unspecified atom stereocenters. The molecular weight excluding hydrogens is 218 g/mol. The maximum Gasteiger partial charge on any atom is 0.235 e. The third kappa shape index (κ3) is 4.26. The number of ether oxygens (including phenoxy) is 1. The highest BCUT2D eigenvalue weighted by Gasteiger charge is 2.28. The summed E-state index contributed by atoms with van der Waals surface area (Å²) in [6.45, 7) is 7.51. The SMILES string of the molecule is CCNC(CN1CCC(C)C(OC)C1)C(N)=O. The highest BCUT2D eigenvalue weighted by Crippen LogP contribution is 2.19. The summed E-state index contributed by atoms with van der Waals surface area (Å²) in [6.07, 6.45) is 1.37. The Labute approximate surface area is 104 Å². The smallest absolute Gasteiger partial charge is 0.235 e. The van der Waals surface area contributed by atoms with Crippen LogP contribution >= 0.6 is 0 Å². The molecular formula is C12H25N3O2. The lowest BCUT2D eigenvalue weighted by Crippen LogP contribution is -2.53. The van der Waals surface area contributed by atoms with Crippen molar-refractivity contribution in [3.63, 3.8) is 0 Å². The van der Waals surface area contributed by atoms with Crippen LogP contribution in [0.1, 0.15) is 20.3 Å². The molecule has 0 aromatic carbocycles. The van der Waals surface area contributed by atoms with Crippen LogP contribution in [0.25, 0.3) is 0 Å². The lowest BCUT2D eigenvalue weighted by Gasteiger charge is -2.37. The zero-order valence-electron chi connectivity index (χ0n) is 11.1. The lowest BCUT2D eigenvalue weighted by molar-refractivity contribution is -0.120. The maximum absolute atomic E-state index is 11.3. The molecule has 1 rings (SSSR count). The lowest BCUT2D eigenvalue weighted by atomic mass is 9.95. The first-order chi connectivity index (χ1) is 8.08. The Morgan fingerprint density at radius 1 is 1.65 bits per heavy atom. The van der Waals surface area contributed by atoms with Crippen molar-refractivity contribution in [2.45, 2.75) is 32.4 Å². The summed E-state index contributed by atoms with van der Waals surface area (Å²) in [5.41, 5.74) is 5.38. The number of piperidine rings is 1. The van der Waals surface area contributed by atoms with Crippen molar-refractivity contribution in [2.24, 2.45) is 11.7 Å². The predicted octanol–water partition coefficient (Wildman–Crippen LogP) is -0.193. The molecule has 5 heteroatoms. The van der Waals surface area contributed by atoms with Gasteiger partial charge >= 0.3 is 0 Å². The first kappa shape index (κ1) is 14.4. The van der Waals surface area contributed by atoms with Gasteiger partial charge in [0.15, 0.2) is 0 Å². The number of methoxy groups -OCH3 is 1. The Morgan fingerprint density at radius 2 is 2.35 bits per heavy atom. The van der Waals surface area contributed by atoms with Crippen LogP contribution in [0.5, 0.6) is 0 Å².